The van der Waals surface area contributed by atoms with Crippen molar-refractivity contribution in [3.8, 4) is 0 Å². The lowest BCUT2D eigenvalue weighted by Crippen LogP contribution is -2.46. The van der Waals surface area contributed by atoms with Crippen LogP contribution in [0.5, 0.6) is 0 Å². The zero-order chi connectivity index (χ0) is 12.4. The molecule has 1 N–H and O–H groups in total. The van der Waals surface area contributed by atoms with E-state index in [1.807, 2.05) is 0 Å². The maximum absolute atomic E-state index is 10.2. The van der Waals surface area contributed by atoms with Gasteiger partial charge < -0.3 is 9.84 Å². The molecule has 1 unspecified atom stereocenters. The number of aliphatic hydroxyl groups is 1. The first-order chi connectivity index (χ1) is 7.83. The van der Waals surface area contributed by atoms with Crippen molar-refractivity contribution in [2.24, 2.45) is 17.3 Å². The number of ether oxygens (including phenoxy) is 1. The largest absolute Gasteiger partial charge is 0.389 e. The first kappa shape index (κ1) is 11.7. The number of hydrogen-bond donors (Lipinski definition) is 1. The molecule has 0 aromatic heterocycles. The van der Waals surface area contributed by atoms with Crippen molar-refractivity contribution in [2.75, 3.05) is 0 Å². The predicted octanol–water partition coefficient (Wildman–Crippen LogP) is 2.91. The number of rotatable bonds is 0. The molecule has 0 radical (unpaired) electrons. The van der Waals surface area contributed by atoms with Crippen molar-refractivity contribution in [2.45, 2.75) is 64.3 Å². The molecule has 1 aliphatic heterocycles. The molecule has 0 amide bonds. The van der Waals surface area contributed by atoms with E-state index in [9.17, 15) is 5.11 Å². The second-order valence-electron chi connectivity index (χ2n) is 7.19. The van der Waals surface area contributed by atoms with Gasteiger partial charge in [-0.25, -0.2) is 0 Å². The summed E-state index contributed by atoms with van der Waals surface area (Å²) in [6.45, 7) is 11.0. The quantitative estimate of drug-likeness (QED) is 0.518. The predicted molar refractivity (Wildman–Crippen MR) is 67.7 cm³/mol. The summed E-state index contributed by atoms with van der Waals surface area (Å²) in [5.74, 6) is 1.23. The van der Waals surface area contributed by atoms with Gasteiger partial charge in [0, 0.05) is 6.42 Å². The summed E-state index contributed by atoms with van der Waals surface area (Å²) >= 11 is 0. The summed E-state index contributed by atoms with van der Waals surface area (Å²) in [4.78, 5) is 0. The third kappa shape index (κ3) is 1.68. The van der Waals surface area contributed by atoms with Gasteiger partial charge in [-0.1, -0.05) is 20.4 Å². The molecule has 2 heteroatoms. The van der Waals surface area contributed by atoms with E-state index in [-0.39, 0.29) is 17.8 Å². The Labute approximate surface area is 104 Å². The van der Waals surface area contributed by atoms with Crippen LogP contribution in [-0.2, 0) is 4.74 Å². The molecule has 2 aliphatic carbocycles. The van der Waals surface area contributed by atoms with Gasteiger partial charge in [-0.05, 0) is 49.0 Å². The zero-order valence-corrected chi connectivity index (χ0v) is 11.2. The second kappa shape index (κ2) is 3.36. The average molecular weight is 236 g/mol. The third-order valence-electron chi connectivity index (χ3n) is 5.56. The summed E-state index contributed by atoms with van der Waals surface area (Å²) in [6, 6.07) is 0. The minimum Gasteiger partial charge on any atom is -0.389 e. The van der Waals surface area contributed by atoms with Crippen LogP contribution in [0.15, 0.2) is 12.2 Å². The Balaban J connectivity index is 1.82. The Morgan fingerprint density at radius 1 is 1.35 bits per heavy atom. The lowest BCUT2D eigenvalue weighted by Gasteiger charge is -2.53. The number of epoxide rings is 1. The van der Waals surface area contributed by atoms with Crippen LogP contribution in [0, 0.1) is 17.3 Å². The van der Waals surface area contributed by atoms with Crippen molar-refractivity contribution in [3.05, 3.63) is 12.2 Å². The van der Waals surface area contributed by atoms with Crippen molar-refractivity contribution >= 4 is 0 Å². The lowest BCUT2D eigenvalue weighted by atomic mass is 9.52. The highest BCUT2D eigenvalue weighted by atomic mass is 16.6. The number of hydrogen-bond acceptors (Lipinski definition) is 2. The second-order valence-corrected chi connectivity index (χ2v) is 7.19. The van der Waals surface area contributed by atoms with Gasteiger partial charge in [0.05, 0.1) is 17.8 Å². The van der Waals surface area contributed by atoms with Crippen LogP contribution in [0.2, 0.25) is 0 Å². The van der Waals surface area contributed by atoms with Gasteiger partial charge in [0.15, 0.2) is 0 Å². The van der Waals surface area contributed by atoms with Crippen LogP contribution in [0.25, 0.3) is 0 Å². The molecule has 0 aromatic rings. The van der Waals surface area contributed by atoms with Crippen LogP contribution < -0.4 is 0 Å². The Bertz CT molecular complexity index is 360. The van der Waals surface area contributed by atoms with Gasteiger partial charge >= 0.3 is 0 Å². The highest BCUT2D eigenvalue weighted by Gasteiger charge is 2.57. The van der Waals surface area contributed by atoms with Gasteiger partial charge in [0.25, 0.3) is 0 Å². The smallest absolute Gasteiger partial charge is 0.0921 e. The molecule has 1 heterocycles. The van der Waals surface area contributed by atoms with E-state index in [0.29, 0.717) is 17.3 Å². The fraction of sp³-hybridized carbons (Fsp3) is 0.867. The highest BCUT2D eigenvalue weighted by Crippen LogP contribution is 2.59. The molecule has 5 atom stereocenters. The fourth-order valence-corrected chi connectivity index (χ4v) is 4.08. The minimum atomic E-state index is -0.358. The molecule has 0 bridgehead atoms. The maximum Gasteiger partial charge on any atom is 0.0921 e. The first-order valence-corrected chi connectivity index (χ1v) is 6.88. The van der Waals surface area contributed by atoms with Gasteiger partial charge in [-0.15, -0.1) is 0 Å². The molecule has 1 saturated heterocycles. The summed E-state index contributed by atoms with van der Waals surface area (Å²) in [7, 11) is 0. The molecule has 0 aromatic carbocycles. The molecule has 3 aliphatic rings. The average Bonchev–Trinajstić information content (AvgIpc) is 2.84. The van der Waals surface area contributed by atoms with E-state index < -0.39 is 0 Å². The van der Waals surface area contributed by atoms with Crippen molar-refractivity contribution in [3.63, 3.8) is 0 Å². The van der Waals surface area contributed by atoms with Crippen LogP contribution in [0.3, 0.4) is 0 Å². The highest BCUT2D eigenvalue weighted by molar-refractivity contribution is 5.19. The van der Waals surface area contributed by atoms with E-state index in [1.54, 1.807) is 0 Å². The molecule has 2 saturated carbocycles. The number of aliphatic hydroxyl groups excluding tert-OH is 1. The summed E-state index contributed by atoms with van der Waals surface area (Å²) in [6.07, 6.45) is 4.20. The van der Waals surface area contributed by atoms with Gasteiger partial charge in [-0.3, -0.25) is 0 Å². The maximum atomic E-state index is 10.2. The van der Waals surface area contributed by atoms with Crippen LogP contribution in [0.1, 0.15) is 46.5 Å². The standard InChI is InChI=1S/C15H24O2/c1-9-10-8-14(2,3)11(10)5-6-15(4)13(17-15)7-12(9)16/h10-13,16H,1,5-8H2,2-4H3/t10-,11-,12-,13?,15-/m1/s1. The molecule has 2 nitrogen and oxygen atoms in total. The molecule has 0 spiro atoms. The molecular weight excluding hydrogens is 212 g/mol. The number of fused-ring (bicyclic) bond motifs is 2. The van der Waals surface area contributed by atoms with E-state index in [4.69, 9.17) is 4.74 Å². The van der Waals surface area contributed by atoms with Crippen molar-refractivity contribution in [1.82, 2.24) is 0 Å². The molecule has 3 fully saturated rings. The summed E-state index contributed by atoms with van der Waals surface area (Å²) < 4.78 is 5.77. The van der Waals surface area contributed by atoms with Gasteiger partial charge in [0.2, 0.25) is 0 Å². The Morgan fingerprint density at radius 3 is 2.71 bits per heavy atom. The topological polar surface area (TPSA) is 32.8 Å². The Kier molecular flexibility index (Phi) is 2.32. The van der Waals surface area contributed by atoms with E-state index >= 15 is 0 Å². The lowest BCUT2D eigenvalue weighted by molar-refractivity contribution is -0.0126. The summed E-state index contributed by atoms with van der Waals surface area (Å²) in [5.41, 5.74) is 1.52. The Morgan fingerprint density at radius 2 is 2.06 bits per heavy atom. The van der Waals surface area contributed by atoms with E-state index in [2.05, 4.69) is 27.4 Å². The molecule has 3 rings (SSSR count). The van der Waals surface area contributed by atoms with E-state index in [1.165, 1.54) is 12.8 Å². The molecular formula is C15H24O2. The van der Waals surface area contributed by atoms with Crippen LogP contribution >= 0.6 is 0 Å². The SMILES string of the molecule is C=C1[C@H](O)CC2O[C@]2(C)CC[C@@H]2[C@@H]1CC2(C)C. The zero-order valence-electron chi connectivity index (χ0n) is 11.2. The van der Waals surface area contributed by atoms with E-state index in [0.717, 1.165) is 18.4 Å². The normalized spacial score (nSPS) is 52.4. The van der Waals surface area contributed by atoms with Gasteiger partial charge in [-0.2, -0.15) is 0 Å². The molecule has 96 valence electrons. The van der Waals surface area contributed by atoms with Crippen molar-refractivity contribution in [1.29, 1.82) is 0 Å². The first-order valence-electron chi connectivity index (χ1n) is 6.88. The summed E-state index contributed by atoms with van der Waals surface area (Å²) in [5, 5.41) is 10.2. The van der Waals surface area contributed by atoms with Crippen molar-refractivity contribution < 1.29 is 9.84 Å². The Hall–Kier alpha value is -0.340. The fourth-order valence-electron chi connectivity index (χ4n) is 4.08. The van der Waals surface area contributed by atoms with Crippen LogP contribution in [0.4, 0.5) is 0 Å². The minimum absolute atomic E-state index is 0.0435. The monoisotopic (exact) mass is 236 g/mol. The molecule has 17 heavy (non-hydrogen) atoms. The van der Waals surface area contributed by atoms with Crippen LogP contribution in [-0.4, -0.2) is 22.9 Å². The third-order valence-corrected chi connectivity index (χ3v) is 5.56. The van der Waals surface area contributed by atoms with Gasteiger partial charge in [0.1, 0.15) is 0 Å².